The zero-order chi connectivity index (χ0) is 21.1. The van der Waals surface area contributed by atoms with Crippen molar-refractivity contribution >= 4 is 16.7 Å². The Hall–Kier alpha value is -2.75. The minimum Gasteiger partial charge on any atom is -0.494 e. The molecule has 0 amide bonds. The highest BCUT2D eigenvalue weighted by Gasteiger charge is 2.14. The second-order valence-corrected chi connectivity index (χ2v) is 8.21. The molecule has 0 bridgehead atoms. The number of hydrogen-bond acceptors (Lipinski definition) is 2. The zero-order valence-corrected chi connectivity index (χ0v) is 18.3. The Labute approximate surface area is 173 Å². The first-order valence-corrected chi connectivity index (χ1v) is 10.4. The first kappa shape index (κ1) is 21.0. The molecule has 0 saturated carbocycles. The summed E-state index contributed by atoms with van der Waals surface area (Å²) in [5, 5.41) is 0. The maximum absolute atomic E-state index is 13.0. The van der Waals surface area contributed by atoms with Crippen molar-refractivity contribution < 1.29 is 4.74 Å². The molecule has 3 rings (SSSR count). The van der Waals surface area contributed by atoms with E-state index in [0.29, 0.717) is 19.1 Å². The van der Waals surface area contributed by atoms with Crippen LogP contribution in [0, 0.1) is 13.8 Å². The summed E-state index contributed by atoms with van der Waals surface area (Å²) in [7, 11) is 0. The topological polar surface area (TPSA) is 36.2 Å². The van der Waals surface area contributed by atoms with Crippen molar-refractivity contribution in [3.05, 3.63) is 70.2 Å². The van der Waals surface area contributed by atoms with E-state index in [0.717, 1.165) is 35.3 Å². The number of hydrogen-bond donors (Lipinski definition) is 0. The Morgan fingerprint density at radius 2 is 1.66 bits per heavy atom. The van der Waals surface area contributed by atoms with Gasteiger partial charge in [0.05, 0.1) is 17.6 Å². The Balaban J connectivity index is 1.66. The van der Waals surface area contributed by atoms with Gasteiger partial charge in [-0.15, -0.1) is 0 Å². The van der Waals surface area contributed by atoms with Crippen molar-refractivity contribution in [1.82, 2.24) is 9.13 Å². The van der Waals surface area contributed by atoms with Gasteiger partial charge in [0.15, 0.2) is 0 Å². The first-order chi connectivity index (χ1) is 13.8. The van der Waals surface area contributed by atoms with Crippen LogP contribution in [0.2, 0.25) is 0 Å². The molecule has 0 saturated heterocycles. The third kappa shape index (κ3) is 4.47. The third-order valence-corrected chi connectivity index (χ3v) is 5.52. The summed E-state index contributed by atoms with van der Waals surface area (Å²) in [5.74, 6) is 1.42. The summed E-state index contributed by atoms with van der Waals surface area (Å²) in [6.07, 6.45) is 1.77. The number of imidazole rings is 1. The van der Waals surface area contributed by atoms with Crippen LogP contribution in [0.15, 0.2) is 47.8 Å². The van der Waals surface area contributed by atoms with E-state index in [1.165, 1.54) is 16.7 Å². The van der Waals surface area contributed by atoms with Crippen molar-refractivity contribution in [1.29, 1.82) is 0 Å². The molecule has 0 aliphatic heterocycles. The highest BCUT2D eigenvalue weighted by Crippen LogP contribution is 2.22. The lowest BCUT2D eigenvalue weighted by molar-refractivity contribution is 0.303. The van der Waals surface area contributed by atoms with Crippen molar-refractivity contribution in [3.8, 4) is 5.75 Å². The number of ether oxygens (including phenoxy) is 1. The van der Waals surface area contributed by atoms with Gasteiger partial charge in [-0.1, -0.05) is 32.6 Å². The monoisotopic (exact) mass is 392 g/mol. The van der Waals surface area contributed by atoms with Gasteiger partial charge in [-0.05, 0) is 80.5 Å². The summed E-state index contributed by atoms with van der Waals surface area (Å²) < 4.78 is 9.45. The van der Waals surface area contributed by atoms with Gasteiger partial charge in [-0.3, -0.25) is 9.13 Å². The smallest absolute Gasteiger partial charge is 0.333 e. The largest absolute Gasteiger partial charge is 0.494 e. The maximum Gasteiger partial charge on any atom is 0.333 e. The van der Waals surface area contributed by atoms with Gasteiger partial charge < -0.3 is 4.74 Å². The van der Waals surface area contributed by atoms with Gasteiger partial charge in [-0.25, -0.2) is 4.79 Å². The minimum atomic E-state index is -0.0114. The third-order valence-electron chi connectivity index (χ3n) is 5.52. The van der Waals surface area contributed by atoms with Crippen molar-refractivity contribution in [2.24, 2.45) is 0 Å². The quantitative estimate of drug-likeness (QED) is 0.448. The Bertz CT molecular complexity index is 1070. The second kappa shape index (κ2) is 8.73. The van der Waals surface area contributed by atoms with Gasteiger partial charge in [-0.2, -0.15) is 0 Å². The van der Waals surface area contributed by atoms with Crippen LogP contribution in [0.4, 0.5) is 0 Å². The second-order valence-electron chi connectivity index (χ2n) is 8.21. The molecule has 0 radical (unpaired) electrons. The molecular weight excluding hydrogens is 360 g/mol. The molecule has 154 valence electrons. The van der Waals surface area contributed by atoms with Crippen molar-refractivity contribution in [3.63, 3.8) is 0 Å². The molecule has 1 aromatic heterocycles. The molecule has 0 unspecified atom stereocenters. The molecule has 4 nitrogen and oxygen atoms in total. The number of fused-ring (bicyclic) bond motifs is 1. The van der Waals surface area contributed by atoms with Crippen LogP contribution in [0.1, 0.15) is 56.2 Å². The molecule has 0 aliphatic rings. The van der Waals surface area contributed by atoms with E-state index in [9.17, 15) is 4.79 Å². The van der Waals surface area contributed by atoms with E-state index < -0.39 is 0 Å². The van der Waals surface area contributed by atoms with Crippen LogP contribution in [0.5, 0.6) is 5.75 Å². The average Bonchev–Trinajstić information content (AvgIpc) is 2.93. The number of aryl methyl sites for hydroxylation is 3. The molecule has 0 N–H and O–H groups in total. The van der Waals surface area contributed by atoms with Gasteiger partial charge in [0.1, 0.15) is 5.75 Å². The van der Waals surface area contributed by atoms with Gasteiger partial charge >= 0.3 is 5.69 Å². The van der Waals surface area contributed by atoms with Crippen LogP contribution in [0.25, 0.3) is 16.7 Å². The number of nitrogens with zero attached hydrogens (tertiary/aromatic N) is 2. The summed E-state index contributed by atoms with van der Waals surface area (Å²) >= 11 is 0. The standard InChI is InChI=1S/C25H32N2O2/c1-17(2)21-9-11-22(12-10-21)29-14-8-7-13-26-23-15-19(5)20(6)16-24(23)27(18(3)4)25(26)28/h9-12,15-17H,3,7-8,13-14H2,1-2,4-6H3. The predicted octanol–water partition coefficient (Wildman–Crippen LogP) is 5.89. The Kier molecular flexibility index (Phi) is 6.31. The van der Waals surface area contributed by atoms with E-state index in [1.807, 2.05) is 23.6 Å². The molecule has 3 aromatic rings. The molecule has 0 aliphatic carbocycles. The number of aromatic nitrogens is 2. The van der Waals surface area contributed by atoms with Crippen LogP contribution in [-0.2, 0) is 6.54 Å². The summed E-state index contributed by atoms with van der Waals surface area (Å²) in [4.78, 5) is 13.0. The lowest BCUT2D eigenvalue weighted by Crippen LogP contribution is -2.23. The van der Waals surface area contributed by atoms with Crippen LogP contribution in [-0.4, -0.2) is 15.7 Å². The predicted molar refractivity (Wildman–Crippen MR) is 122 cm³/mol. The van der Waals surface area contributed by atoms with Gasteiger partial charge in [0, 0.05) is 12.2 Å². The fourth-order valence-corrected chi connectivity index (χ4v) is 3.60. The maximum atomic E-state index is 13.0. The van der Waals surface area contributed by atoms with Crippen molar-refractivity contribution in [2.45, 2.75) is 59.9 Å². The van der Waals surface area contributed by atoms with Gasteiger partial charge in [0.2, 0.25) is 0 Å². The van der Waals surface area contributed by atoms with Crippen molar-refractivity contribution in [2.75, 3.05) is 6.61 Å². The number of benzene rings is 2. The molecule has 0 fully saturated rings. The molecule has 29 heavy (non-hydrogen) atoms. The first-order valence-electron chi connectivity index (χ1n) is 10.4. The van der Waals surface area contributed by atoms with E-state index in [4.69, 9.17) is 4.74 Å². The van der Waals surface area contributed by atoms with Gasteiger partial charge in [0.25, 0.3) is 0 Å². The molecule has 0 atom stereocenters. The minimum absolute atomic E-state index is 0.0114. The van der Waals surface area contributed by atoms with E-state index in [1.54, 1.807) is 4.57 Å². The highest BCUT2D eigenvalue weighted by molar-refractivity contribution is 5.81. The number of allylic oxidation sites excluding steroid dienone is 1. The molecule has 0 spiro atoms. The fraction of sp³-hybridized carbons (Fsp3) is 0.400. The molecule has 4 heteroatoms. The summed E-state index contributed by atoms with van der Waals surface area (Å²) in [5.41, 5.74) is 6.34. The lowest BCUT2D eigenvalue weighted by Gasteiger charge is -2.09. The zero-order valence-electron chi connectivity index (χ0n) is 18.3. The number of unbranched alkanes of at least 4 members (excludes halogenated alkanes) is 1. The lowest BCUT2D eigenvalue weighted by atomic mass is 10.0. The van der Waals surface area contributed by atoms with E-state index in [-0.39, 0.29) is 5.69 Å². The Morgan fingerprint density at radius 3 is 2.24 bits per heavy atom. The Morgan fingerprint density at radius 1 is 1.03 bits per heavy atom. The van der Waals surface area contributed by atoms with E-state index in [2.05, 4.69) is 58.5 Å². The van der Waals surface area contributed by atoms with Crippen LogP contribution in [0.3, 0.4) is 0 Å². The van der Waals surface area contributed by atoms with Crippen LogP contribution < -0.4 is 10.4 Å². The summed E-state index contributed by atoms with van der Waals surface area (Å²) in [6.45, 7) is 15.7. The fourth-order valence-electron chi connectivity index (χ4n) is 3.60. The molecular formula is C25H32N2O2. The normalized spacial score (nSPS) is 11.4. The average molecular weight is 393 g/mol. The van der Waals surface area contributed by atoms with Crippen LogP contribution >= 0.6 is 0 Å². The van der Waals surface area contributed by atoms with E-state index >= 15 is 0 Å². The molecule has 1 heterocycles. The SMILES string of the molecule is C=C(C)n1c(=O)n(CCCCOc2ccc(C(C)C)cc2)c2cc(C)c(C)cc21. The summed E-state index contributed by atoms with van der Waals surface area (Å²) in [6, 6.07) is 12.5. The number of rotatable bonds is 8. The molecule has 2 aromatic carbocycles. The highest BCUT2D eigenvalue weighted by atomic mass is 16.5.